The maximum Gasteiger partial charge on any atom is 0.220 e. The van der Waals surface area contributed by atoms with Gasteiger partial charge in [0.25, 0.3) is 0 Å². The fourth-order valence-electron chi connectivity index (χ4n) is 12.8. The molecule has 2 heterocycles. The van der Waals surface area contributed by atoms with Crippen LogP contribution < -0.4 is 5.32 Å². The monoisotopic (exact) mass is 1350 g/mol. The van der Waals surface area contributed by atoms with Crippen molar-refractivity contribution in [2.45, 2.75) is 408 Å². The molecule has 2 saturated heterocycles. The summed E-state index contributed by atoms with van der Waals surface area (Å²) in [6.45, 7) is 2.71. The minimum atomic E-state index is -1.79. The first-order valence-electron chi connectivity index (χ1n) is 39.8. The van der Waals surface area contributed by atoms with Gasteiger partial charge in [-0.2, -0.15) is 0 Å². The lowest BCUT2D eigenvalue weighted by Crippen LogP contribution is -2.65. The van der Waals surface area contributed by atoms with Crippen LogP contribution in [0.2, 0.25) is 0 Å². The summed E-state index contributed by atoms with van der Waals surface area (Å²) in [5.74, 6) is -0.245. The maximum atomic E-state index is 13.4. The highest BCUT2D eigenvalue weighted by atomic mass is 16.7. The van der Waals surface area contributed by atoms with E-state index in [-0.39, 0.29) is 18.9 Å². The van der Waals surface area contributed by atoms with Gasteiger partial charge in [0.2, 0.25) is 5.91 Å². The number of hydrogen-bond donors (Lipinski definition) is 9. The van der Waals surface area contributed by atoms with E-state index >= 15 is 0 Å². The van der Waals surface area contributed by atoms with E-state index in [0.717, 1.165) is 64.2 Å². The van der Waals surface area contributed by atoms with Gasteiger partial charge in [-0.15, -0.1) is 0 Å². The Morgan fingerprint density at radius 1 is 0.385 bits per heavy atom. The molecule has 0 aliphatic carbocycles. The molecule has 1 amide bonds. The average molecular weight is 1360 g/mol. The van der Waals surface area contributed by atoms with Crippen molar-refractivity contribution in [3.63, 3.8) is 0 Å². The second kappa shape index (κ2) is 65.5. The highest BCUT2D eigenvalue weighted by Crippen LogP contribution is 2.30. The van der Waals surface area contributed by atoms with E-state index in [1.54, 1.807) is 6.08 Å². The third-order valence-corrected chi connectivity index (χ3v) is 19.1. The highest BCUT2D eigenvalue weighted by Gasteiger charge is 2.51. The molecule has 0 bridgehead atoms. The molecule has 96 heavy (non-hydrogen) atoms. The standard InChI is InChI=1S/C82H147NO13/c1-3-5-7-9-11-13-15-17-19-21-23-25-27-29-30-31-32-33-34-35-36-37-38-39-40-42-44-46-48-50-52-54-56-58-60-62-64-66-74(87)83-70(69-93-81-79(92)77(90)80(73(68-85)95-81)96-82-78(91)76(89)75(88)72(67-84)94-82)71(86)65-63-61-59-57-55-53-51-49-47-45-43-41-28-26-24-22-20-18-16-14-12-10-8-6-4-2/h5,7,11,13,17,19,23,25,29-30,55,57,63,65,70-73,75-82,84-86,88-92H,3-4,6,8-10,12,14-16,18,20-22,24,26-28,31-54,56,58-62,64,66-69H2,1-2H3,(H,83,87)/b7-5-,13-11-,19-17-,25-23-,30-29-,57-55+,65-63+. The van der Waals surface area contributed by atoms with Crippen LogP contribution in [0.5, 0.6) is 0 Å². The average Bonchev–Trinajstić information content (AvgIpc) is 0.857. The van der Waals surface area contributed by atoms with E-state index in [1.165, 1.54) is 238 Å². The molecule has 0 aromatic carbocycles. The first kappa shape index (κ1) is 89.3. The number of aliphatic hydroxyl groups excluding tert-OH is 8. The van der Waals surface area contributed by atoms with Crippen molar-refractivity contribution in [3.8, 4) is 0 Å². The molecule has 0 aromatic rings. The smallest absolute Gasteiger partial charge is 0.220 e. The second-order valence-corrected chi connectivity index (χ2v) is 27.8. The Bertz CT molecular complexity index is 1940. The summed E-state index contributed by atoms with van der Waals surface area (Å²) in [7, 11) is 0. The number of aliphatic hydroxyl groups is 8. The van der Waals surface area contributed by atoms with Gasteiger partial charge in [0.05, 0.1) is 32.0 Å². The van der Waals surface area contributed by atoms with Gasteiger partial charge >= 0.3 is 0 Å². The van der Waals surface area contributed by atoms with Crippen LogP contribution in [0.4, 0.5) is 0 Å². The lowest BCUT2D eigenvalue weighted by molar-refractivity contribution is -0.359. The van der Waals surface area contributed by atoms with Crippen molar-refractivity contribution in [2.75, 3.05) is 19.8 Å². The molecule has 0 aromatic heterocycles. The van der Waals surface area contributed by atoms with Crippen LogP contribution in [0.25, 0.3) is 0 Å². The third kappa shape index (κ3) is 48.1. The van der Waals surface area contributed by atoms with E-state index in [1.807, 2.05) is 6.08 Å². The Kier molecular flexibility index (Phi) is 60.9. The first-order chi connectivity index (χ1) is 47.1. The van der Waals surface area contributed by atoms with Gasteiger partial charge in [-0.1, -0.05) is 336 Å². The quantitative estimate of drug-likeness (QED) is 0.0204. The summed E-state index contributed by atoms with van der Waals surface area (Å²) >= 11 is 0. The third-order valence-electron chi connectivity index (χ3n) is 19.1. The molecular weight excluding hydrogens is 1210 g/mol. The Hall–Kier alpha value is -2.83. The second-order valence-electron chi connectivity index (χ2n) is 27.8. The zero-order valence-electron chi connectivity index (χ0n) is 61.1. The summed E-state index contributed by atoms with van der Waals surface area (Å²) in [5.41, 5.74) is 0. The van der Waals surface area contributed by atoms with Gasteiger partial charge in [-0.05, 0) is 77.0 Å². The van der Waals surface area contributed by atoms with Gasteiger partial charge in [-0.3, -0.25) is 4.79 Å². The molecule has 0 saturated carbocycles. The van der Waals surface area contributed by atoms with Gasteiger partial charge in [0, 0.05) is 6.42 Å². The van der Waals surface area contributed by atoms with Crippen LogP contribution in [0.15, 0.2) is 85.1 Å². The van der Waals surface area contributed by atoms with E-state index in [2.05, 4.69) is 92.1 Å². The Balaban J connectivity index is 1.61. The molecule has 9 N–H and O–H groups in total. The number of hydrogen-bond acceptors (Lipinski definition) is 13. The van der Waals surface area contributed by atoms with Crippen molar-refractivity contribution >= 4 is 5.91 Å². The molecule has 2 aliphatic heterocycles. The SMILES string of the molecule is CC/C=C\C/C=C\C/C=C\C/C=C\C/C=C\CCCCCCCCCCCCCCCCCCCCCCCC(=O)NC(COC1OC(CO)C(OC2OC(CO)C(O)C(O)C2O)C(O)C1O)C(O)/C=C/CC/C=C/CCCCCCCCCCCCCCCCCCCCC. The number of ether oxygens (including phenoxy) is 4. The van der Waals surface area contributed by atoms with Crippen LogP contribution in [-0.2, 0) is 23.7 Å². The molecule has 0 radical (unpaired) electrons. The zero-order valence-corrected chi connectivity index (χ0v) is 61.1. The van der Waals surface area contributed by atoms with Crippen molar-refractivity contribution < 1.29 is 64.6 Å². The first-order valence-corrected chi connectivity index (χ1v) is 39.8. The van der Waals surface area contributed by atoms with Gasteiger partial charge in [0.15, 0.2) is 12.6 Å². The van der Waals surface area contributed by atoms with Crippen molar-refractivity contribution in [2.24, 2.45) is 0 Å². The van der Waals surface area contributed by atoms with Crippen molar-refractivity contribution in [3.05, 3.63) is 85.1 Å². The molecule has 12 unspecified atom stereocenters. The topological polar surface area (TPSA) is 228 Å². The molecule has 558 valence electrons. The molecule has 2 aliphatic rings. The normalized spacial score (nSPS) is 22.7. The summed E-state index contributed by atoms with van der Waals surface area (Å²) in [6.07, 6.45) is 75.2. The largest absolute Gasteiger partial charge is 0.394 e. The fraction of sp³-hybridized carbons (Fsp3) is 0.817. The van der Waals surface area contributed by atoms with Crippen LogP contribution in [-0.4, -0.2) is 140 Å². The highest BCUT2D eigenvalue weighted by molar-refractivity contribution is 5.76. The number of nitrogens with one attached hydrogen (secondary N) is 1. The molecular formula is C82H147NO13. The van der Waals surface area contributed by atoms with Crippen LogP contribution in [0, 0.1) is 0 Å². The van der Waals surface area contributed by atoms with Crippen LogP contribution in [0.1, 0.15) is 335 Å². The molecule has 2 rings (SSSR count). The number of amides is 1. The van der Waals surface area contributed by atoms with Crippen LogP contribution in [0.3, 0.4) is 0 Å². The lowest BCUT2D eigenvalue weighted by atomic mass is 9.97. The summed E-state index contributed by atoms with van der Waals surface area (Å²) < 4.78 is 22.9. The summed E-state index contributed by atoms with van der Waals surface area (Å²) in [5, 5.41) is 87.6. The Morgan fingerprint density at radius 3 is 1.15 bits per heavy atom. The molecule has 2 fully saturated rings. The minimum absolute atomic E-state index is 0.245. The summed E-state index contributed by atoms with van der Waals surface area (Å²) in [4.78, 5) is 13.4. The molecule has 14 nitrogen and oxygen atoms in total. The number of unbranched alkanes of at least 4 members (excludes halogenated alkanes) is 41. The van der Waals surface area contributed by atoms with E-state index in [4.69, 9.17) is 18.9 Å². The lowest BCUT2D eigenvalue weighted by Gasteiger charge is -2.46. The molecule has 0 spiro atoms. The van der Waals surface area contributed by atoms with Gasteiger partial charge in [0.1, 0.15) is 48.8 Å². The van der Waals surface area contributed by atoms with E-state index < -0.39 is 86.8 Å². The predicted molar refractivity (Wildman–Crippen MR) is 396 cm³/mol. The zero-order chi connectivity index (χ0) is 69.4. The number of carbonyl (C=O) groups excluding carboxylic acids is 1. The Morgan fingerprint density at radius 2 is 0.729 bits per heavy atom. The minimum Gasteiger partial charge on any atom is -0.394 e. The predicted octanol–water partition coefficient (Wildman–Crippen LogP) is 17.9. The molecule has 12 atom stereocenters. The van der Waals surface area contributed by atoms with Crippen LogP contribution >= 0.6 is 0 Å². The van der Waals surface area contributed by atoms with Crippen molar-refractivity contribution in [1.29, 1.82) is 0 Å². The van der Waals surface area contributed by atoms with Gasteiger partial charge in [-0.25, -0.2) is 0 Å². The van der Waals surface area contributed by atoms with E-state index in [9.17, 15) is 45.6 Å². The van der Waals surface area contributed by atoms with Crippen molar-refractivity contribution in [1.82, 2.24) is 5.32 Å². The molecule has 14 heteroatoms. The number of carbonyl (C=O) groups is 1. The van der Waals surface area contributed by atoms with Gasteiger partial charge < -0.3 is 65.1 Å². The fourth-order valence-corrected chi connectivity index (χ4v) is 12.8. The maximum absolute atomic E-state index is 13.4. The number of allylic oxidation sites excluding steroid dienone is 13. The number of rotatable bonds is 66. The summed E-state index contributed by atoms with van der Waals surface area (Å²) in [6, 6.07) is -0.935. The van der Waals surface area contributed by atoms with E-state index in [0.29, 0.717) is 12.8 Å². The Labute approximate surface area is 586 Å².